The highest BCUT2D eigenvalue weighted by Gasteiger charge is 2.03. The first kappa shape index (κ1) is 13.2. The molecule has 2 aromatic heterocycles. The van der Waals surface area contributed by atoms with Crippen LogP contribution >= 0.6 is 0 Å². The highest BCUT2D eigenvalue weighted by Crippen LogP contribution is 1.98. The van der Waals surface area contributed by atoms with Gasteiger partial charge in [-0.1, -0.05) is 6.07 Å². The van der Waals surface area contributed by atoms with E-state index in [1.54, 1.807) is 18.7 Å². The maximum absolute atomic E-state index is 11.6. The predicted molar refractivity (Wildman–Crippen MR) is 70.7 cm³/mol. The first-order chi connectivity index (χ1) is 9.24. The molecule has 2 rings (SSSR count). The molecule has 1 amide bonds. The van der Waals surface area contributed by atoms with Gasteiger partial charge in [0.25, 0.3) is 0 Å². The summed E-state index contributed by atoms with van der Waals surface area (Å²) < 4.78 is 1.87. The molecular formula is C13H17N5O. The molecule has 6 nitrogen and oxygen atoms in total. The number of pyridine rings is 1. The van der Waals surface area contributed by atoms with Gasteiger partial charge in [-0.25, -0.2) is 10.4 Å². The molecule has 0 aliphatic rings. The van der Waals surface area contributed by atoms with Gasteiger partial charge in [-0.05, 0) is 18.1 Å². The van der Waals surface area contributed by atoms with E-state index in [9.17, 15) is 4.79 Å². The van der Waals surface area contributed by atoms with Crippen molar-refractivity contribution < 1.29 is 4.79 Å². The van der Waals surface area contributed by atoms with Crippen molar-refractivity contribution in [2.24, 2.45) is 7.05 Å². The lowest BCUT2D eigenvalue weighted by Crippen LogP contribution is -2.36. The Hall–Kier alpha value is -2.21. The van der Waals surface area contributed by atoms with Crippen molar-refractivity contribution in [2.75, 3.05) is 0 Å². The second-order valence-electron chi connectivity index (χ2n) is 4.29. The summed E-state index contributed by atoms with van der Waals surface area (Å²) in [6.07, 6.45) is 8.17. The fourth-order valence-corrected chi connectivity index (χ4v) is 1.65. The molecule has 0 saturated heterocycles. The lowest BCUT2D eigenvalue weighted by Gasteiger charge is -2.06. The Kier molecular flexibility index (Phi) is 4.63. The summed E-state index contributed by atoms with van der Waals surface area (Å²) in [5, 5.41) is 0. The van der Waals surface area contributed by atoms with E-state index in [1.807, 2.05) is 29.9 Å². The number of aryl methyl sites for hydroxylation is 2. The van der Waals surface area contributed by atoms with Gasteiger partial charge in [0.2, 0.25) is 5.91 Å². The van der Waals surface area contributed by atoms with Gasteiger partial charge in [0.1, 0.15) is 0 Å². The van der Waals surface area contributed by atoms with Crippen LogP contribution in [-0.2, 0) is 24.8 Å². The largest absolute Gasteiger partial charge is 0.340 e. The number of hydrazine groups is 1. The molecular weight excluding hydrogens is 242 g/mol. The number of imidazole rings is 1. The summed E-state index contributed by atoms with van der Waals surface area (Å²) in [6.45, 7) is 0.559. The second kappa shape index (κ2) is 6.65. The predicted octanol–water partition coefficient (Wildman–Crippen LogP) is 0.569. The van der Waals surface area contributed by atoms with E-state index in [-0.39, 0.29) is 5.91 Å². The van der Waals surface area contributed by atoms with Crippen molar-refractivity contribution >= 4 is 5.91 Å². The maximum Gasteiger partial charge on any atom is 0.234 e. The van der Waals surface area contributed by atoms with Crippen molar-refractivity contribution in [3.05, 3.63) is 48.3 Å². The minimum Gasteiger partial charge on any atom is -0.340 e. The van der Waals surface area contributed by atoms with Crippen LogP contribution in [0.25, 0.3) is 0 Å². The summed E-state index contributed by atoms with van der Waals surface area (Å²) in [5.41, 5.74) is 7.48. The van der Waals surface area contributed by atoms with Crippen molar-refractivity contribution in [2.45, 2.75) is 19.4 Å². The highest BCUT2D eigenvalue weighted by molar-refractivity contribution is 5.75. The van der Waals surface area contributed by atoms with E-state index in [4.69, 9.17) is 0 Å². The zero-order chi connectivity index (χ0) is 13.5. The first-order valence-electron chi connectivity index (χ1n) is 6.11. The summed E-state index contributed by atoms with van der Waals surface area (Å²) in [6, 6.07) is 3.81. The summed E-state index contributed by atoms with van der Waals surface area (Å²) in [5.74, 6) is -0.0467. The van der Waals surface area contributed by atoms with Crippen LogP contribution in [0.1, 0.15) is 17.7 Å². The zero-order valence-electron chi connectivity index (χ0n) is 10.8. The number of carbonyl (C=O) groups excluding carboxylic acids is 1. The minimum atomic E-state index is -0.0467. The molecule has 0 aliphatic heterocycles. The zero-order valence-corrected chi connectivity index (χ0v) is 10.8. The van der Waals surface area contributed by atoms with Crippen molar-refractivity contribution in [1.82, 2.24) is 25.4 Å². The third-order valence-corrected chi connectivity index (χ3v) is 2.61. The lowest BCUT2D eigenvalue weighted by atomic mass is 10.2. The Morgan fingerprint density at radius 2 is 2.37 bits per heavy atom. The highest BCUT2D eigenvalue weighted by atomic mass is 16.2. The number of hydrogen-bond donors (Lipinski definition) is 2. The van der Waals surface area contributed by atoms with E-state index in [0.29, 0.717) is 19.4 Å². The van der Waals surface area contributed by atoms with Gasteiger partial charge >= 0.3 is 0 Å². The fourth-order valence-electron chi connectivity index (χ4n) is 1.65. The van der Waals surface area contributed by atoms with Crippen molar-refractivity contribution in [1.29, 1.82) is 0 Å². The molecule has 0 saturated carbocycles. The van der Waals surface area contributed by atoms with E-state index < -0.39 is 0 Å². The normalized spacial score (nSPS) is 10.4. The Balaban J connectivity index is 1.65. The number of hydrogen-bond acceptors (Lipinski definition) is 4. The Morgan fingerprint density at radius 1 is 1.47 bits per heavy atom. The third-order valence-electron chi connectivity index (χ3n) is 2.61. The molecule has 100 valence electrons. The van der Waals surface area contributed by atoms with Gasteiger partial charge in [0, 0.05) is 38.6 Å². The number of nitrogens with one attached hydrogen (secondary N) is 2. The van der Waals surface area contributed by atoms with Crippen molar-refractivity contribution in [3.63, 3.8) is 0 Å². The standard InChI is InChI=1S/C13H17N5O/c1-18-9-12(15-10-18)4-5-13(19)17-16-8-11-3-2-6-14-7-11/h2-3,6-7,9-10,16H,4-5,8H2,1H3,(H,17,19). The van der Waals surface area contributed by atoms with E-state index in [1.165, 1.54) is 0 Å². The smallest absolute Gasteiger partial charge is 0.234 e. The fraction of sp³-hybridized carbons (Fsp3) is 0.308. The van der Waals surface area contributed by atoms with Crippen LogP contribution in [0.5, 0.6) is 0 Å². The van der Waals surface area contributed by atoms with E-state index in [0.717, 1.165) is 11.3 Å². The van der Waals surface area contributed by atoms with Gasteiger partial charge in [0.05, 0.1) is 12.0 Å². The van der Waals surface area contributed by atoms with E-state index in [2.05, 4.69) is 20.8 Å². The topological polar surface area (TPSA) is 71.8 Å². The molecule has 6 heteroatoms. The number of nitrogens with zero attached hydrogens (tertiary/aromatic N) is 3. The molecule has 2 N–H and O–H groups in total. The number of aromatic nitrogens is 3. The van der Waals surface area contributed by atoms with Gasteiger partial charge in [0.15, 0.2) is 0 Å². The molecule has 0 fully saturated rings. The average Bonchev–Trinajstić information content (AvgIpc) is 2.83. The van der Waals surface area contributed by atoms with Gasteiger partial charge in [-0.2, -0.15) is 0 Å². The number of amides is 1. The average molecular weight is 259 g/mol. The monoisotopic (exact) mass is 259 g/mol. The molecule has 0 unspecified atom stereocenters. The Bertz CT molecular complexity index is 523. The molecule has 0 bridgehead atoms. The van der Waals surface area contributed by atoms with Crippen LogP contribution in [-0.4, -0.2) is 20.4 Å². The summed E-state index contributed by atoms with van der Waals surface area (Å²) in [4.78, 5) is 19.8. The second-order valence-corrected chi connectivity index (χ2v) is 4.29. The first-order valence-corrected chi connectivity index (χ1v) is 6.11. The lowest BCUT2D eigenvalue weighted by molar-refractivity contribution is -0.122. The Morgan fingerprint density at radius 3 is 3.05 bits per heavy atom. The molecule has 0 radical (unpaired) electrons. The number of carbonyl (C=O) groups is 1. The maximum atomic E-state index is 11.6. The van der Waals surface area contributed by atoms with Crippen LogP contribution in [0.15, 0.2) is 37.1 Å². The SMILES string of the molecule is Cn1cnc(CCC(=O)NNCc2cccnc2)c1. The quantitative estimate of drug-likeness (QED) is 0.744. The molecule has 0 aliphatic carbocycles. The summed E-state index contributed by atoms with van der Waals surface area (Å²) >= 11 is 0. The molecule has 2 aromatic rings. The minimum absolute atomic E-state index is 0.0467. The Labute approximate surface area is 111 Å². The van der Waals surface area contributed by atoms with Crippen molar-refractivity contribution in [3.8, 4) is 0 Å². The molecule has 0 aromatic carbocycles. The van der Waals surface area contributed by atoms with Gasteiger partial charge in [-0.3, -0.25) is 15.2 Å². The number of rotatable bonds is 6. The third kappa shape index (κ3) is 4.51. The van der Waals surface area contributed by atoms with Crippen LogP contribution < -0.4 is 10.9 Å². The van der Waals surface area contributed by atoms with Gasteiger partial charge in [-0.15, -0.1) is 0 Å². The van der Waals surface area contributed by atoms with Crippen LogP contribution in [0, 0.1) is 0 Å². The molecule has 0 atom stereocenters. The van der Waals surface area contributed by atoms with Crippen LogP contribution in [0.3, 0.4) is 0 Å². The molecule has 19 heavy (non-hydrogen) atoms. The summed E-state index contributed by atoms with van der Waals surface area (Å²) in [7, 11) is 1.91. The van der Waals surface area contributed by atoms with Gasteiger partial charge < -0.3 is 4.57 Å². The van der Waals surface area contributed by atoms with Crippen LogP contribution in [0.4, 0.5) is 0 Å². The van der Waals surface area contributed by atoms with E-state index >= 15 is 0 Å². The molecule has 2 heterocycles. The van der Waals surface area contributed by atoms with Crippen LogP contribution in [0.2, 0.25) is 0 Å². The molecule has 0 spiro atoms.